The molecule has 0 aliphatic carbocycles. The molecule has 0 nitrogen and oxygen atoms in total. The molecule has 0 heterocycles. The quantitative estimate of drug-likeness (QED) is 0.300. The molecule has 0 aromatic rings. The van der Waals surface area contributed by atoms with Gasteiger partial charge in [-0.2, -0.15) is 0 Å². The first-order chi connectivity index (χ1) is 0. The summed E-state index contributed by atoms with van der Waals surface area (Å²) in [5.74, 6) is 0. The number of rotatable bonds is 0. The van der Waals surface area contributed by atoms with Crippen molar-refractivity contribution in [1.82, 2.24) is 0 Å². The Hall–Kier alpha value is 11.5. The van der Waals surface area contributed by atoms with Gasteiger partial charge in [-0.25, -0.2) is 0 Å². The molecule has 0 aromatic carbocycles. The van der Waals surface area contributed by atoms with E-state index in [2.05, 4.69) is 0 Å². The van der Waals surface area contributed by atoms with E-state index in [-0.39, 0.29) is 349 Å². The molecule has 0 bridgehead atoms. The molecular formula is Gd4Mo9. The molecule has 0 radical (unpaired) electrons. The second kappa shape index (κ2) is 90.0. The van der Waals surface area contributed by atoms with Gasteiger partial charge in [0.05, 0.1) is 0 Å². The fourth-order valence-electron chi connectivity index (χ4n) is 0. The average molecular weight is 1490 g/mol. The number of hydrogen-bond acceptors (Lipinski definition) is 0. The Kier molecular flexibility index (Phi) is 708. The fourth-order valence-corrected chi connectivity index (χ4v) is 0. The molecule has 0 N–H and O–H groups in total. The summed E-state index contributed by atoms with van der Waals surface area (Å²) in [5, 5.41) is 0. The van der Waals surface area contributed by atoms with Crippen molar-refractivity contribution < 1.29 is 349 Å². The van der Waals surface area contributed by atoms with Crippen molar-refractivity contribution in [1.29, 1.82) is 0 Å². The van der Waals surface area contributed by atoms with Gasteiger partial charge in [0, 0.05) is 349 Å². The van der Waals surface area contributed by atoms with E-state index < -0.39 is 0 Å². The van der Waals surface area contributed by atoms with Gasteiger partial charge < -0.3 is 0 Å². The van der Waals surface area contributed by atoms with Gasteiger partial charge in [0.1, 0.15) is 0 Å². The minimum absolute atomic E-state index is 0. The van der Waals surface area contributed by atoms with Crippen LogP contribution in [0.15, 0.2) is 0 Å². The van der Waals surface area contributed by atoms with E-state index in [0.717, 1.165) is 0 Å². The van der Waals surface area contributed by atoms with Gasteiger partial charge in [-0.3, -0.25) is 0 Å². The fraction of sp³-hybridized carbons (Fsp3) is 0. The van der Waals surface area contributed by atoms with E-state index in [1.165, 1.54) is 0 Å². The molecule has 0 aromatic heterocycles. The summed E-state index contributed by atoms with van der Waals surface area (Å²) in [6.45, 7) is 0. The molecule has 13 heavy (non-hydrogen) atoms. The smallest absolute Gasteiger partial charge is 0 e. The first-order valence-electron chi connectivity index (χ1n) is 0. The Balaban J connectivity index is 0. The van der Waals surface area contributed by atoms with E-state index >= 15 is 0 Å². The maximum absolute atomic E-state index is 0. The van der Waals surface area contributed by atoms with Crippen LogP contribution >= 0.6 is 0 Å². The molecule has 86 valence electrons. The van der Waals surface area contributed by atoms with Crippen LogP contribution in [0.25, 0.3) is 0 Å². The summed E-state index contributed by atoms with van der Waals surface area (Å²) < 4.78 is 0. The molecule has 0 amide bonds. The third kappa shape index (κ3) is 82.2. The molecule has 0 aliphatic heterocycles. The first kappa shape index (κ1) is 102. The summed E-state index contributed by atoms with van der Waals surface area (Å²) in [4.78, 5) is 0. The summed E-state index contributed by atoms with van der Waals surface area (Å²) in [6, 6.07) is 0. The van der Waals surface area contributed by atoms with E-state index in [1.54, 1.807) is 0 Å². The summed E-state index contributed by atoms with van der Waals surface area (Å²) in [5.41, 5.74) is 0. The van der Waals surface area contributed by atoms with Crippen LogP contribution in [0, 0.1) is 160 Å². The Morgan fingerprint density at radius 2 is 0.154 bits per heavy atom. The van der Waals surface area contributed by atoms with Crippen LogP contribution in [0.3, 0.4) is 0 Å². The minimum Gasteiger partial charge on any atom is 0 e. The summed E-state index contributed by atoms with van der Waals surface area (Å²) >= 11 is 0. The van der Waals surface area contributed by atoms with Gasteiger partial charge in [-0.05, 0) is 0 Å². The van der Waals surface area contributed by atoms with Crippen molar-refractivity contribution in [3.63, 3.8) is 0 Å². The second-order valence-electron chi connectivity index (χ2n) is 0. The molecule has 13 heteroatoms. The Bertz CT molecular complexity index is 11.6. The maximum atomic E-state index is 0. The predicted molar refractivity (Wildman–Crippen MR) is 0 cm³/mol. The standard InChI is InChI=1S/4Gd.9Mo. The van der Waals surface area contributed by atoms with Crippen LogP contribution in [0.5, 0.6) is 0 Å². The van der Waals surface area contributed by atoms with Gasteiger partial charge in [-0.15, -0.1) is 0 Å². The zero-order valence-electron chi connectivity index (χ0n) is 5.09. The Morgan fingerprint density at radius 3 is 0.154 bits per heavy atom. The molecule has 0 aliphatic rings. The largest absolute Gasteiger partial charge is 0 e. The van der Waals surface area contributed by atoms with Crippen molar-refractivity contribution in [2.75, 3.05) is 0 Å². The molecule has 0 atom stereocenters. The van der Waals surface area contributed by atoms with E-state index in [0.29, 0.717) is 0 Å². The monoisotopic (exact) mass is 1510 g/mol. The first-order valence-corrected chi connectivity index (χ1v) is 0. The molecule has 0 saturated carbocycles. The third-order valence-corrected chi connectivity index (χ3v) is 0. The van der Waals surface area contributed by atoms with Crippen LogP contribution in [0.1, 0.15) is 0 Å². The zero-order valence-corrected chi connectivity index (χ0v) is 32.2. The van der Waals surface area contributed by atoms with E-state index in [9.17, 15) is 0 Å². The topological polar surface area (TPSA) is 0 Å². The Labute approximate surface area is 338 Å². The van der Waals surface area contributed by atoms with E-state index in [1.807, 2.05) is 0 Å². The van der Waals surface area contributed by atoms with Crippen molar-refractivity contribution in [3.8, 4) is 0 Å². The van der Waals surface area contributed by atoms with Gasteiger partial charge in [-0.1, -0.05) is 0 Å². The number of hydrogen-bond donors (Lipinski definition) is 0. The SMILES string of the molecule is [Gd].[Gd].[Gd].[Gd].[Mo].[Mo].[Mo].[Mo].[Mo].[Mo].[Mo].[Mo].[Mo]. The third-order valence-electron chi connectivity index (χ3n) is 0. The molecule has 0 unspecified atom stereocenters. The van der Waals surface area contributed by atoms with Gasteiger partial charge in [0.2, 0.25) is 0 Å². The van der Waals surface area contributed by atoms with Gasteiger partial charge >= 0.3 is 0 Å². The van der Waals surface area contributed by atoms with Crippen LogP contribution in [-0.2, 0) is 190 Å². The van der Waals surface area contributed by atoms with Gasteiger partial charge in [0.15, 0.2) is 0 Å². The summed E-state index contributed by atoms with van der Waals surface area (Å²) in [7, 11) is 0. The van der Waals surface area contributed by atoms with Crippen LogP contribution < -0.4 is 0 Å². The van der Waals surface area contributed by atoms with Crippen LogP contribution in [-0.4, -0.2) is 0 Å². The zero-order chi connectivity index (χ0) is 0. The van der Waals surface area contributed by atoms with Crippen LogP contribution in [0.4, 0.5) is 0 Å². The van der Waals surface area contributed by atoms with Crippen LogP contribution in [0.2, 0.25) is 0 Å². The summed E-state index contributed by atoms with van der Waals surface area (Å²) in [6.07, 6.45) is 0. The van der Waals surface area contributed by atoms with E-state index in [4.69, 9.17) is 0 Å². The molecule has 0 rings (SSSR count). The molecule has 0 saturated heterocycles. The van der Waals surface area contributed by atoms with Gasteiger partial charge in [0.25, 0.3) is 0 Å². The minimum atomic E-state index is 0. The molecule has 0 spiro atoms. The maximum Gasteiger partial charge on any atom is 0 e. The average Bonchev–Trinajstić information content (AvgIpc) is 0. The van der Waals surface area contributed by atoms with Crippen molar-refractivity contribution in [2.45, 2.75) is 0 Å². The second-order valence-corrected chi connectivity index (χ2v) is 0. The molecule has 0 fully saturated rings. The predicted octanol–water partition coefficient (Wildman–Crippen LogP) is -0.0225. The van der Waals surface area contributed by atoms with Crippen molar-refractivity contribution in [2.24, 2.45) is 0 Å². The van der Waals surface area contributed by atoms with Crippen molar-refractivity contribution in [3.05, 3.63) is 0 Å². The normalized spacial score (nSPS) is 0. The Morgan fingerprint density at radius 1 is 0.154 bits per heavy atom. The molecular weight excluding hydrogens is 1490 g/mol. The van der Waals surface area contributed by atoms with Crippen molar-refractivity contribution >= 4 is 0 Å².